The molecule has 7 heteroatoms. The van der Waals surface area contributed by atoms with Crippen molar-refractivity contribution in [3.05, 3.63) is 0 Å². The number of aliphatic carboxylic acids is 1. The molecule has 0 bridgehead atoms. The maximum Gasteiger partial charge on any atom is 0.353 e. The Balaban J connectivity index is 1.80. The van der Waals surface area contributed by atoms with Gasteiger partial charge in [0.1, 0.15) is 0 Å². The lowest BCUT2D eigenvalue weighted by atomic mass is 10.0. The highest BCUT2D eigenvalue weighted by Gasteiger charge is 2.33. The van der Waals surface area contributed by atoms with Gasteiger partial charge >= 0.3 is 5.97 Å². The van der Waals surface area contributed by atoms with Crippen LogP contribution in [0, 0.1) is 5.92 Å². The summed E-state index contributed by atoms with van der Waals surface area (Å²) >= 11 is 0. The number of carbonyl (C=O) groups is 2. The first-order valence-electron chi connectivity index (χ1n) is 5.92. The van der Waals surface area contributed by atoms with Gasteiger partial charge in [0, 0.05) is 25.0 Å². The summed E-state index contributed by atoms with van der Waals surface area (Å²) in [6.07, 6.45) is 0.0969. The van der Waals surface area contributed by atoms with Crippen molar-refractivity contribution >= 4 is 17.6 Å². The number of nitrogens with one attached hydrogen (secondary N) is 1. The lowest BCUT2D eigenvalue weighted by molar-refractivity contribution is -0.132. The minimum Gasteiger partial charge on any atom is -0.477 e. The molecular formula is C11H16N2O5. The zero-order valence-electron chi connectivity index (χ0n) is 10.1. The van der Waals surface area contributed by atoms with Gasteiger partial charge in [0.15, 0.2) is 5.71 Å². The van der Waals surface area contributed by atoms with E-state index in [0.29, 0.717) is 12.5 Å². The fourth-order valence-corrected chi connectivity index (χ4v) is 2.03. The summed E-state index contributed by atoms with van der Waals surface area (Å²) in [5.41, 5.74) is -0.119. The molecule has 2 rings (SSSR count). The highest BCUT2D eigenvalue weighted by atomic mass is 16.6. The molecule has 0 aromatic heterocycles. The van der Waals surface area contributed by atoms with Crippen LogP contribution in [0.15, 0.2) is 5.16 Å². The Morgan fingerprint density at radius 3 is 2.89 bits per heavy atom. The van der Waals surface area contributed by atoms with E-state index in [1.54, 1.807) is 0 Å². The monoisotopic (exact) mass is 256 g/mol. The van der Waals surface area contributed by atoms with E-state index in [2.05, 4.69) is 10.5 Å². The largest absolute Gasteiger partial charge is 0.477 e. The van der Waals surface area contributed by atoms with Crippen molar-refractivity contribution in [2.45, 2.75) is 31.9 Å². The van der Waals surface area contributed by atoms with Crippen LogP contribution in [-0.2, 0) is 19.2 Å². The summed E-state index contributed by atoms with van der Waals surface area (Å²) in [6.45, 7) is 3.27. The maximum absolute atomic E-state index is 11.8. The average molecular weight is 256 g/mol. The predicted octanol–water partition coefficient (Wildman–Crippen LogP) is -0.243. The fraction of sp³-hybridized carbons (Fsp3) is 0.727. The summed E-state index contributed by atoms with van der Waals surface area (Å²) in [5.74, 6) is -1.17. The molecule has 1 amide bonds. The number of hydrogen-bond acceptors (Lipinski definition) is 5. The molecule has 0 aromatic rings. The molecule has 1 fully saturated rings. The third-order valence-corrected chi connectivity index (χ3v) is 3.25. The quantitative estimate of drug-likeness (QED) is 0.723. The molecule has 1 saturated heterocycles. The number of oxime groups is 1. The molecule has 3 unspecified atom stereocenters. The maximum atomic E-state index is 11.8. The molecule has 2 aliphatic heterocycles. The van der Waals surface area contributed by atoms with Crippen molar-refractivity contribution < 1.29 is 24.3 Å². The second-order valence-corrected chi connectivity index (χ2v) is 4.56. The van der Waals surface area contributed by atoms with E-state index in [0.717, 1.165) is 13.0 Å². The first-order valence-corrected chi connectivity index (χ1v) is 5.92. The lowest BCUT2D eigenvalue weighted by Crippen LogP contribution is -2.44. The topological polar surface area (TPSA) is 97.2 Å². The predicted molar refractivity (Wildman–Crippen MR) is 61.1 cm³/mol. The molecule has 18 heavy (non-hydrogen) atoms. The van der Waals surface area contributed by atoms with E-state index >= 15 is 0 Å². The molecule has 2 aliphatic rings. The van der Waals surface area contributed by atoms with E-state index < -0.39 is 12.1 Å². The molecule has 3 atom stereocenters. The summed E-state index contributed by atoms with van der Waals surface area (Å²) in [4.78, 5) is 27.3. The van der Waals surface area contributed by atoms with Crippen LogP contribution in [0.1, 0.15) is 19.8 Å². The molecule has 100 valence electrons. The van der Waals surface area contributed by atoms with Crippen molar-refractivity contribution in [1.29, 1.82) is 0 Å². The molecule has 0 aliphatic carbocycles. The van der Waals surface area contributed by atoms with Crippen LogP contribution in [0.25, 0.3) is 0 Å². The van der Waals surface area contributed by atoms with Gasteiger partial charge in [-0.2, -0.15) is 0 Å². The second kappa shape index (κ2) is 5.34. The minimum absolute atomic E-state index is 0.00898. The number of amides is 1. The standard InChI is InChI=1S/C11H16N2O5/c1-6(7-2-3-17-5-7)12-10(14)9-4-8(11(15)16)13-18-9/h6-7,9H,2-5H2,1H3,(H,12,14)(H,15,16). The Morgan fingerprint density at radius 1 is 1.56 bits per heavy atom. The van der Waals surface area contributed by atoms with E-state index in [1.165, 1.54) is 0 Å². The fourth-order valence-electron chi connectivity index (χ4n) is 2.03. The molecule has 0 spiro atoms. The zero-order chi connectivity index (χ0) is 13.1. The minimum atomic E-state index is -1.15. The first kappa shape index (κ1) is 12.8. The Bertz CT molecular complexity index is 376. The number of nitrogens with zero attached hydrogens (tertiary/aromatic N) is 1. The van der Waals surface area contributed by atoms with Gasteiger partial charge in [-0.1, -0.05) is 5.16 Å². The van der Waals surface area contributed by atoms with Crippen molar-refractivity contribution in [2.75, 3.05) is 13.2 Å². The van der Waals surface area contributed by atoms with Crippen LogP contribution in [0.5, 0.6) is 0 Å². The molecule has 7 nitrogen and oxygen atoms in total. The number of carbonyl (C=O) groups excluding carboxylic acids is 1. The van der Waals surface area contributed by atoms with Crippen LogP contribution in [0.2, 0.25) is 0 Å². The zero-order valence-corrected chi connectivity index (χ0v) is 10.1. The highest BCUT2D eigenvalue weighted by Crippen LogP contribution is 2.17. The molecule has 0 saturated carbocycles. The number of rotatable bonds is 4. The van der Waals surface area contributed by atoms with Crippen molar-refractivity contribution in [3.63, 3.8) is 0 Å². The molecular weight excluding hydrogens is 240 g/mol. The van der Waals surface area contributed by atoms with Crippen LogP contribution in [-0.4, -0.2) is 48.1 Å². The summed E-state index contributed by atoms with van der Waals surface area (Å²) in [7, 11) is 0. The lowest BCUT2D eigenvalue weighted by Gasteiger charge is -2.20. The normalized spacial score (nSPS) is 28.4. The average Bonchev–Trinajstić information content (AvgIpc) is 3.00. The van der Waals surface area contributed by atoms with Gasteiger partial charge in [-0.05, 0) is 13.3 Å². The van der Waals surface area contributed by atoms with E-state index in [-0.39, 0.29) is 24.1 Å². The van der Waals surface area contributed by atoms with E-state index in [9.17, 15) is 9.59 Å². The number of hydrogen-bond donors (Lipinski definition) is 2. The number of ether oxygens (including phenoxy) is 1. The second-order valence-electron chi connectivity index (χ2n) is 4.56. The van der Waals surface area contributed by atoms with Gasteiger partial charge in [-0.3, -0.25) is 4.79 Å². The summed E-state index contributed by atoms with van der Waals surface area (Å²) in [6, 6.07) is -0.0162. The third-order valence-electron chi connectivity index (χ3n) is 3.25. The third kappa shape index (κ3) is 2.79. The number of carboxylic acid groups (broad SMARTS) is 1. The van der Waals surface area contributed by atoms with Gasteiger partial charge in [-0.15, -0.1) is 0 Å². The van der Waals surface area contributed by atoms with Crippen LogP contribution in [0.4, 0.5) is 0 Å². The Hall–Kier alpha value is -1.63. The first-order chi connectivity index (χ1) is 8.58. The molecule has 0 aromatic carbocycles. The molecule has 2 heterocycles. The van der Waals surface area contributed by atoms with Crippen LogP contribution < -0.4 is 5.32 Å². The summed E-state index contributed by atoms with van der Waals surface area (Å²) < 4.78 is 5.25. The van der Waals surface area contributed by atoms with Crippen molar-refractivity contribution in [2.24, 2.45) is 11.1 Å². The molecule has 2 N–H and O–H groups in total. The van der Waals surface area contributed by atoms with Crippen LogP contribution >= 0.6 is 0 Å². The van der Waals surface area contributed by atoms with Gasteiger partial charge in [0.05, 0.1) is 6.61 Å². The SMILES string of the molecule is CC(NC(=O)C1CC(C(=O)O)=NO1)C1CCOC1. The van der Waals surface area contributed by atoms with Gasteiger partial charge in [-0.25, -0.2) is 4.79 Å². The van der Waals surface area contributed by atoms with Gasteiger partial charge in [0.2, 0.25) is 6.10 Å². The van der Waals surface area contributed by atoms with Gasteiger partial charge < -0.3 is 20.0 Å². The smallest absolute Gasteiger partial charge is 0.353 e. The van der Waals surface area contributed by atoms with Gasteiger partial charge in [0.25, 0.3) is 5.91 Å². The summed E-state index contributed by atoms with van der Waals surface area (Å²) in [5, 5.41) is 14.9. The van der Waals surface area contributed by atoms with E-state index in [1.807, 2.05) is 6.92 Å². The Labute approximate surface area is 104 Å². The van der Waals surface area contributed by atoms with Crippen LogP contribution in [0.3, 0.4) is 0 Å². The van der Waals surface area contributed by atoms with Crippen molar-refractivity contribution in [3.8, 4) is 0 Å². The van der Waals surface area contributed by atoms with E-state index in [4.69, 9.17) is 14.7 Å². The number of carboxylic acids is 1. The highest BCUT2D eigenvalue weighted by molar-refractivity contribution is 6.36. The Kier molecular flexibility index (Phi) is 3.81. The van der Waals surface area contributed by atoms with Crippen molar-refractivity contribution in [1.82, 2.24) is 5.32 Å². The Morgan fingerprint density at radius 2 is 2.33 bits per heavy atom. The molecule has 0 radical (unpaired) electrons.